The number of hydrogen-bond donors (Lipinski definition) is 6. The maximum Gasteiger partial charge on any atom is 0.326 e. The van der Waals surface area contributed by atoms with Gasteiger partial charge in [0, 0.05) is 12.8 Å². The van der Waals surface area contributed by atoms with Crippen molar-refractivity contribution in [1.82, 2.24) is 16.0 Å². The predicted molar refractivity (Wildman–Crippen MR) is 119 cm³/mol. The van der Waals surface area contributed by atoms with E-state index in [-0.39, 0.29) is 18.8 Å². The fraction of sp³-hybridized carbons (Fsp3) is 0.500. The monoisotopic (exact) mass is 464 g/mol. The summed E-state index contributed by atoms with van der Waals surface area (Å²) in [4.78, 5) is 60.0. The summed E-state index contributed by atoms with van der Waals surface area (Å²) in [6.45, 7) is 4.88. The maximum absolute atomic E-state index is 12.7. The first-order valence-electron chi connectivity index (χ1n) is 10.6. The second-order valence-corrected chi connectivity index (χ2v) is 8.08. The molecular weight excluding hydrogens is 432 g/mol. The van der Waals surface area contributed by atoms with Crippen LogP contribution >= 0.6 is 0 Å². The normalized spacial score (nSPS) is 14.5. The third-order valence-electron chi connectivity index (χ3n) is 4.95. The van der Waals surface area contributed by atoms with Gasteiger partial charge in [-0.1, -0.05) is 44.2 Å². The van der Waals surface area contributed by atoms with Crippen LogP contribution in [0.3, 0.4) is 0 Å². The summed E-state index contributed by atoms with van der Waals surface area (Å²) in [5.74, 6) is -4.76. The number of rotatable bonds is 13. The lowest BCUT2D eigenvalue weighted by Crippen LogP contribution is -2.57. The van der Waals surface area contributed by atoms with Gasteiger partial charge in [0.2, 0.25) is 17.7 Å². The molecule has 11 heteroatoms. The van der Waals surface area contributed by atoms with Gasteiger partial charge in [-0.15, -0.1) is 0 Å². The third-order valence-corrected chi connectivity index (χ3v) is 4.95. The molecule has 0 fully saturated rings. The number of carboxylic acids is 2. The number of nitrogens with one attached hydrogen (secondary N) is 3. The number of benzene rings is 1. The molecule has 4 unspecified atom stereocenters. The van der Waals surface area contributed by atoms with Crippen LogP contribution in [-0.2, 0) is 30.4 Å². The fourth-order valence-corrected chi connectivity index (χ4v) is 2.83. The molecule has 0 aliphatic rings. The van der Waals surface area contributed by atoms with E-state index in [0.29, 0.717) is 5.56 Å². The van der Waals surface area contributed by atoms with Gasteiger partial charge in [0.1, 0.15) is 18.1 Å². The molecule has 3 amide bonds. The molecule has 11 nitrogen and oxygen atoms in total. The summed E-state index contributed by atoms with van der Waals surface area (Å²) in [5.41, 5.74) is 6.43. The number of amides is 3. The molecule has 1 aromatic rings. The van der Waals surface area contributed by atoms with Crippen molar-refractivity contribution in [2.24, 2.45) is 11.7 Å². The fourth-order valence-electron chi connectivity index (χ4n) is 2.83. The van der Waals surface area contributed by atoms with Gasteiger partial charge in [-0.3, -0.25) is 19.2 Å². The van der Waals surface area contributed by atoms with Crippen molar-refractivity contribution in [3.8, 4) is 0 Å². The van der Waals surface area contributed by atoms with Crippen molar-refractivity contribution in [3.05, 3.63) is 35.9 Å². The van der Waals surface area contributed by atoms with Gasteiger partial charge >= 0.3 is 11.9 Å². The van der Waals surface area contributed by atoms with Crippen LogP contribution in [0.4, 0.5) is 0 Å². The van der Waals surface area contributed by atoms with Crippen molar-refractivity contribution in [2.45, 2.75) is 64.2 Å². The van der Waals surface area contributed by atoms with Crippen LogP contribution in [-0.4, -0.2) is 64.0 Å². The molecule has 0 saturated heterocycles. The van der Waals surface area contributed by atoms with Crippen molar-refractivity contribution >= 4 is 29.7 Å². The van der Waals surface area contributed by atoms with E-state index in [1.165, 1.54) is 6.92 Å². The predicted octanol–water partition coefficient (Wildman–Crippen LogP) is -0.364. The first kappa shape index (κ1) is 27.6. The third kappa shape index (κ3) is 9.69. The van der Waals surface area contributed by atoms with Crippen molar-refractivity contribution in [2.75, 3.05) is 0 Å². The summed E-state index contributed by atoms with van der Waals surface area (Å²) < 4.78 is 0. The van der Waals surface area contributed by atoms with Crippen LogP contribution in [0.5, 0.6) is 0 Å². The molecule has 7 N–H and O–H groups in total. The zero-order valence-electron chi connectivity index (χ0n) is 18.9. The molecule has 0 aliphatic heterocycles. The maximum atomic E-state index is 12.7. The first-order valence-corrected chi connectivity index (χ1v) is 10.6. The van der Waals surface area contributed by atoms with Crippen molar-refractivity contribution < 1.29 is 34.2 Å². The lowest BCUT2D eigenvalue weighted by atomic mass is 10.0. The molecule has 182 valence electrons. The quantitative estimate of drug-likeness (QED) is 0.228. The van der Waals surface area contributed by atoms with Crippen LogP contribution in [0.1, 0.15) is 39.2 Å². The van der Waals surface area contributed by atoms with Gasteiger partial charge in [0.25, 0.3) is 0 Å². The second kappa shape index (κ2) is 13.2. The van der Waals surface area contributed by atoms with E-state index in [1.807, 2.05) is 0 Å². The average Bonchev–Trinajstić information content (AvgIpc) is 2.75. The highest BCUT2D eigenvalue weighted by molar-refractivity contribution is 5.94. The number of aliphatic carboxylic acids is 2. The van der Waals surface area contributed by atoms with Crippen LogP contribution < -0.4 is 21.7 Å². The van der Waals surface area contributed by atoms with E-state index < -0.39 is 60.2 Å². The Morgan fingerprint density at radius 3 is 1.94 bits per heavy atom. The highest BCUT2D eigenvalue weighted by atomic mass is 16.4. The minimum absolute atomic E-state index is 0.00105. The zero-order chi connectivity index (χ0) is 25.1. The highest BCUT2D eigenvalue weighted by Crippen LogP contribution is 2.06. The van der Waals surface area contributed by atoms with Crippen molar-refractivity contribution in [1.29, 1.82) is 0 Å². The van der Waals surface area contributed by atoms with Gasteiger partial charge in [-0.05, 0) is 24.8 Å². The molecule has 0 radical (unpaired) electrons. The molecule has 0 bridgehead atoms. The number of carbonyl (C=O) groups excluding carboxylic acids is 3. The summed E-state index contributed by atoms with van der Waals surface area (Å²) in [6, 6.07) is 4.15. The first-order chi connectivity index (χ1) is 15.4. The minimum atomic E-state index is -1.32. The summed E-state index contributed by atoms with van der Waals surface area (Å²) >= 11 is 0. The summed E-state index contributed by atoms with van der Waals surface area (Å²) in [5, 5.41) is 25.7. The van der Waals surface area contributed by atoms with Crippen LogP contribution in [0.2, 0.25) is 0 Å². The number of carboxylic acid groups (broad SMARTS) is 2. The van der Waals surface area contributed by atoms with E-state index in [4.69, 9.17) is 10.8 Å². The lowest BCUT2D eigenvalue weighted by Gasteiger charge is -2.24. The minimum Gasteiger partial charge on any atom is -0.481 e. The largest absolute Gasteiger partial charge is 0.481 e. The van der Waals surface area contributed by atoms with Gasteiger partial charge in [-0.2, -0.15) is 0 Å². The van der Waals surface area contributed by atoms with E-state index >= 15 is 0 Å². The van der Waals surface area contributed by atoms with Crippen LogP contribution in [0, 0.1) is 5.92 Å². The van der Waals surface area contributed by atoms with E-state index in [2.05, 4.69) is 16.0 Å². The average molecular weight is 465 g/mol. The van der Waals surface area contributed by atoms with E-state index in [0.717, 1.165) is 0 Å². The Bertz CT molecular complexity index is 844. The highest BCUT2D eigenvalue weighted by Gasteiger charge is 2.29. The SMILES string of the molecule is CC(NC(=O)C(N)C(C)C)C(=O)NC(CCC(=O)O)C(=O)NC(Cc1ccccc1)C(=O)O. The van der Waals surface area contributed by atoms with Gasteiger partial charge in [0.05, 0.1) is 6.04 Å². The van der Waals surface area contributed by atoms with Crippen molar-refractivity contribution in [3.63, 3.8) is 0 Å². The zero-order valence-corrected chi connectivity index (χ0v) is 18.9. The Morgan fingerprint density at radius 2 is 1.42 bits per heavy atom. The Labute approximate surface area is 192 Å². The Balaban J connectivity index is 2.88. The van der Waals surface area contributed by atoms with Crippen LogP contribution in [0.25, 0.3) is 0 Å². The molecule has 4 atom stereocenters. The standard InChI is InChI=1S/C22H32N4O7/c1-12(2)18(23)21(31)24-13(3)19(29)25-15(9-10-17(27)28)20(30)26-16(22(32)33)11-14-7-5-4-6-8-14/h4-8,12-13,15-16,18H,9-11,23H2,1-3H3,(H,24,31)(H,25,29)(H,26,30)(H,27,28)(H,32,33). The molecule has 0 spiro atoms. The Kier molecular flexibility index (Phi) is 11.0. The molecule has 33 heavy (non-hydrogen) atoms. The molecule has 0 aliphatic carbocycles. The second-order valence-electron chi connectivity index (χ2n) is 8.08. The molecule has 1 aromatic carbocycles. The van der Waals surface area contributed by atoms with E-state index in [9.17, 15) is 29.1 Å². The summed E-state index contributed by atoms with van der Waals surface area (Å²) in [6.07, 6.45) is -0.703. The molecule has 0 heterocycles. The molecule has 0 saturated carbocycles. The Morgan fingerprint density at radius 1 is 0.848 bits per heavy atom. The molecular formula is C22H32N4O7. The smallest absolute Gasteiger partial charge is 0.326 e. The number of nitrogens with two attached hydrogens (primary N) is 1. The Hall–Kier alpha value is -3.47. The molecule has 1 rings (SSSR count). The van der Waals surface area contributed by atoms with Gasteiger partial charge < -0.3 is 31.9 Å². The summed E-state index contributed by atoms with van der Waals surface area (Å²) in [7, 11) is 0. The number of carbonyl (C=O) groups is 5. The van der Waals surface area contributed by atoms with Gasteiger partial charge in [0.15, 0.2) is 0 Å². The topological polar surface area (TPSA) is 188 Å². The number of hydrogen-bond acceptors (Lipinski definition) is 6. The van der Waals surface area contributed by atoms with Crippen LogP contribution in [0.15, 0.2) is 30.3 Å². The van der Waals surface area contributed by atoms with E-state index in [1.54, 1.807) is 44.2 Å². The molecule has 0 aromatic heterocycles. The van der Waals surface area contributed by atoms with Gasteiger partial charge in [-0.25, -0.2) is 4.79 Å². The lowest BCUT2D eigenvalue weighted by molar-refractivity contribution is -0.143.